The van der Waals surface area contributed by atoms with Crippen molar-refractivity contribution in [2.45, 2.75) is 27.2 Å². The van der Waals surface area contributed by atoms with Crippen LogP contribution in [0.15, 0.2) is 66.4 Å². The summed E-state index contributed by atoms with van der Waals surface area (Å²) >= 11 is 0. The molecule has 4 rings (SSSR count). The van der Waals surface area contributed by atoms with Crippen LogP contribution in [0.5, 0.6) is 0 Å². The third kappa shape index (κ3) is 4.67. The Hall–Kier alpha value is -4.53. The maximum atomic E-state index is 13.3. The molecular formula is C28H29N5O4. The fourth-order valence-electron chi connectivity index (χ4n) is 4.55. The Balaban J connectivity index is 1.64. The monoisotopic (exact) mass is 499 g/mol. The fourth-order valence-corrected chi connectivity index (χ4v) is 4.55. The Bertz CT molecular complexity index is 1520. The Morgan fingerprint density at radius 3 is 2.51 bits per heavy atom. The number of likely N-dealkylation sites (N-methyl/N-ethyl adjacent to an activating group) is 1. The summed E-state index contributed by atoms with van der Waals surface area (Å²) in [5.74, 6) is -1.12. The molecule has 0 saturated heterocycles. The molecule has 0 radical (unpaired) electrons. The molecule has 1 N–H and O–H groups in total. The Morgan fingerprint density at radius 2 is 1.84 bits per heavy atom. The van der Waals surface area contributed by atoms with E-state index < -0.39 is 17.4 Å². The second-order valence-corrected chi connectivity index (χ2v) is 8.74. The van der Waals surface area contributed by atoms with Gasteiger partial charge in [0.15, 0.2) is 0 Å². The van der Waals surface area contributed by atoms with Crippen LogP contribution < -0.4 is 15.8 Å². The number of amides is 3. The number of hydrogen-bond donors (Lipinski definition) is 1. The van der Waals surface area contributed by atoms with E-state index in [1.165, 1.54) is 11.2 Å². The van der Waals surface area contributed by atoms with Gasteiger partial charge in [-0.15, -0.1) is 0 Å². The fraction of sp³-hybridized carbons (Fsp3) is 0.250. The van der Waals surface area contributed by atoms with Crippen molar-refractivity contribution >= 4 is 40.0 Å². The van der Waals surface area contributed by atoms with Gasteiger partial charge in [0.25, 0.3) is 17.4 Å². The molecular weight excluding hydrogens is 470 g/mol. The predicted octanol–water partition coefficient (Wildman–Crippen LogP) is 2.94. The molecule has 1 aromatic heterocycles. The number of para-hydroxylation sites is 1. The number of carbonyl (C=O) groups excluding carboxylic acids is 3. The smallest absolute Gasteiger partial charge is 0.272 e. The van der Waals surface area contributed by atoms with Gasteiger partial charge >= 0.3 is 0 Å². The zero-order chi connectivity index (χ0) is 26.9. The lowest BCUT2D eigenvalue weighted by atomic mass is 9.99. The first kappa shape index (κ1) is 25.6. The third-order valence-electron chi connectivity index (χ3n) is 6.58. The highest BCUT2D eigenvalue weighted by Gasteiger charge is 2.23. The van der Waals surface area contributed by atoms with Crippen molar-refractivity contribution in [3.05, 3.63) is 77.5 Å². The van der Waals surface area contributed by atoms with Crippen LogP contribution in [0, 0.1) is 0 Å². The minimum absolute atomic E-state index is 0.00383. The summed E-state index contributed by atoms with van der Waals surface area (Å²) in [5.41, 5.74) is 3.34. The number of hydrogen-bond acceptors (Lipinski definition) is 5. The average Bonchev–Trinajstić information content (AvgIpc) is 3.32. The highest BCUT2D eigenvalue weighted by Crippen LogP contribution is 2.34. The van der Waals surface area contributed by atoms with Gasteiger partial charge in [0.1, 0.15) is 12.0 Å². The van der Waals surface area contributed by atoms with E-state index in [0.29, 0.717) is 30.5 Å². The summed E-state index contributed by atoms with van der Waals surface area (Å²) in [7, 11) is 0. The first-order valence-corrected chi connectivity index (χ1v) is 12.1. The van der Waals surface area contributed by atoms with Crippen LogP contribution in [0.25, 0.3) is 27.7 Å². The van der Waals surface area contributed by atoms with Crippen molar-refractivity contribution in [3.8, 4) is 11.1 Å². The number of fused-ring (bicyclic) bond motifs is 2. The van der Waals surface area contributed by atoms with Crippen LogP contribution >= 0.6 is 0 Å². The molecule has 1 aliphatic heterocycles. The normalized spacial score (nSPS) is 12.2. The second kappa shape index (κ2) is 10.2. The molecule has 9 heteroatoms. The average molecular weight is 500 g/mol. The number of carbonyl (C=O) groups is 3. The van der Waals surface area contributed by atoms with Gasteiger partial charge in [0.2, 0.25) is 5.91 Å². The number of benzene rings is 2. The second-order valence-electron chi connectivity index (χ2n) is 8.74. The highest BCUT2D eigenvalue weighted by atomic mass is 16.2. The van der Waals surface area contributed by atoms with Crippen LogP contribution in [0.4, 0.5) is 5.69 Å². The van der Waals surface area contributed by atoms with Crippen molar-refractivity contribution in [2.75, 3.05) is 24.5 Å². The predicted molar refractivity (Wildman–Crippen MR) is 144 cm³/mol. The van der Waals surface area contributed by atoms with E-state index in [2.05, 4.69) is 23.5 Å². The molecule has 2 aromatic carbocycles. The molecule has 9 nitrogen and oxygen atoms in total. The van der Waals surface area contributed by atoms with Crippen LogP contribution in [-0.4, -0.2) is 51.8 Å². The Labute approximate surface area is 214 Å². The van der Waals surface area contributed by atoms with E-state index in [-0.39, 0.29) is 17.3 Å². The van der Waals surface area contributed by atoms with E-state index in [0.717, 1.165) is 33.4 Å². The molecule has 0 unspecified atom stereocenters. The topological polar surface area (TPSA) is 105 Å². The van der Waals surface area contributed by atoms with Crippen LogP contribution in [0.2, 0.25) is 0 Å². The lowest BCUT2D eigenvalue weighted by molar-refractivity contribution is -0.128. The molecule has 0 bridgehead atoms. The maximum absolute atomic E-state index is 13.3. The summed E-state index contributed by atoms with van der Waals surface area (Å²) in [6.07, 6.45) is 2.01. The summed E-state index contributed by atoms with van der Waals surface area (Å²) in [5, 5.41) is 2.75. The molecule has 0 aliphatic carbocycles. The zero-order valence-electron chi connectivity index (χ0n) is 21.2. The number of anilines is 1. The van der Waals surface area contributed by atoms with Crippen molar-refractivity contribution in [2.24, 2.45) is 0 Å². The van der Waals surface area contributed by atoms with Gasteiger partial charge < -0.3 is 15.1 Å². The quantitative estimate of drug-likeness (QED) is 0.504. The van der Waals surface area contributed by atoms with Crippen molar-refractivity contribution in [3.63, 3.8) is 0 Å². The molecule has 0 fully saturated rings. The minimum Gasteiger partial charge on any atom is -0.338 e. The molecule has 0 spiro atoms. The largest absolute Gasteiger partial charge is 0.338 e. The molecule has 190 valence electrons. The first-order valence-electron chi connectivity index (χ1n) is 12.1. The van der Waals surface area contributed by atoms with Gasteiger partial charge in [0.05, 0.1) is 16.6 Å². The van der Waals surface area contributed by atoms with Crippen LogP contribution in [0.3, 0.4) is 0 Å². The SMILES string of the molecule is C=C(NC(=O)C(=C)n1cnc2c(-c3ccc4c(c3)CCN4C(C)=O)cccc2c1=O)C(=O)N(CC)CC. The van der Waals surface area contributed by atoms with Crippen molar-refractivity contribution in [1.82, 2.24) is 19.8 Å². The van der Waals surface area contributed by atoms with E-state index in [4.69, 9.17) is 0 Å². The van der Waals surface area contributed by atoms with Gasteiger partial charge in [-0.05, 0) is 49.6 Å². The van der Waals surface area contributed by atoms with Crippen molar-refractivity contribution in [1.29, 1.82) is 0 Å². The van der Waals surface area contributed by atoms with E-state index in [9.17, 15) is 19.2 Å². The van der Waals surface area contributed by atoms with Gasteiger partial charge in [-0.1, -0.05) is 31.4 Å². The van der Waals surface area contributed by atoms with Crippen LogP contribution in [-0.2, 0) is 20.8 Å². The standard InChI is InChI=1S/C28H29N5O4/c1-6-31(7-2)27(36)17(3)30-26(35)18(4)33-16-29-25-22(9-8-10-23(25)28(33)37)20-11-12-24-21(15-20)13-14-32(24)19(5)34/h8-12,15-16H,3-4,6-7,13-14H2,1-2,5H3,(H,30,35). The van der Waals surface area contributed by atoms with Gasteiger partial charge in [-0.25, -0.2) is 4.98 Å². The number of nitrogens with zero attached hydrogens (tertiary/aromatic N) is 4. The molecule has 3 amide bonds. The van der Waals surface area contributed by atoms with Gasteiger partial charge in [-0.3, -0.25) is 23.7 Å². The lowest BCUT2D eigenvalue weighted by Crippen LogP contribution is -2.39. The number of nitrogens with one attached hydrogen (secondary N) is 1. The zero-order valence-corrected chi connectivity index (χ0v) is 21.2. The molecule has 37 heavy (non-hydrogen) atoms. The minimum atomic E-state index is -0.724. The van der Waals surface area contributed by atoms with Crippen LogP contribution in [0.1, 0.15) is 26.3 Å². The summed E-state index contributed by atoms with van der Waals surface area (Å²) in [6, 6.07) is 11.1. The Kier molecular flexibility index (Phi) is 7.06. The third-order valence-corrected chi connectivity index (χ3v) is 6.58. The summed E-state index contributed by atoms with van der Waals surface area (Å²) in [4.78, 5) is 58.1. The molecule has 0 atom stereocenters. The highest BCUT2D eigenvalue weighted by molar-refractivity contribution is 6.15. The number of rotatable bonds is 7. The molecule has 1 aliphatic rings. The van der Waals surface area contributed by atoms with Gasteiger partial charge in [0, 0.05) is 37.8 Å². The summed E-state index contributed by atoms with van der Waals surface area (Å²) < 4.78 is 1.06. The molecule has 2 heterocycles. The maximum Gasteiger partial charge on any atom is 0.272 e. The molecule has 0 saturated carbocycles. The van der Waals surface area contributed by atoms with E-state index in [1.54, 1.807) is 24.0 Å². The Morgan fingerprint density at radius 1 is 1.11 bits per heavy atom. The first-order chi connectivity index (χ1) is 17.7. The summed E-state index contributed by atoms with van der Waals surface area (Å²) in [6.45, 7) is 14.2. The van der Waals surface area contributed by atoms with Gasteiger partial charge in [-0.2, -0.15) is 0 Å². The van der Waals surface area contributed by atoms with E-state index in [1.807, 2.05) is 38.1 Å². The van der Waals surface area contributed by atoms with E-state index >= 15 is 0 Å². The van der Waals surface area contributed by atoms with Crippen molar-refractivity contribution < 1.29 is 14.4 Å². The lowest BCUT2D eigenvalue weighted by Gasteiger charge is -2.20. The molecule has 3 aromatic rings. The number of aromatic nitrogens is 2.